The Morgan fingerprint density at radius 1 is 1.27 bits per heavy atom. The summed E-state index contributed by atoms with van der Waals surface area (Å²) < 4.78 is 0. The molecule has 1 heterocycles. The number of hydrogen-bond acceptors (Lipinski definition) is 6. The third-order valence-corrected chi connectivity index (χ3v) is 9.65. The molecule has 0 aromatic heterocycles. The maximum absolute atomic E-state index is 13.3. The monoisotopic (exact) mass is 418 g/mol. The molecule has 30 heavy (non-hydrogen) atoms. The van der Waals surface area contributed by atoms with Crippen LogP contribution in [0.25, 0.3) is 0 Å². The van der Waals surface area contributed by atoms with Gasteiger partial charge in [-0.15, -0.1) is 0 Å². The molecule has 4 rings (SSSR count). The van der Waals surface area contributed by atoms with Crippen LogP contribution in [-0.4, -0.2) is 47.9 Å². The van der Waals surface area contributed by atoms with Crippen LogP contribution < -0.4 is 11.0 Å². The lowest BCUT2D eigenvalue weighted by atomic mass is 9.45. The zero-order valence-corrected chi connectivity index (χ0v) is 19.2. The van der Waals surface area contributed by atoms with Crippen LogP contribution in [0.1, 0.15) is 72.1 Å². The minimum Gasteiger partial charge on any atom is -0.396 e. The van der Waals surface area contributed by atoms with E-state index in [0.29, 0.717) is 30.1 Å². The van der Waals surface area contributed by atoms with E-state index in [-0.39, 0.29) is 29.3 Å². The molecular formula is C24H42N4O2. The van der Waals surface area contributed by atoms with Gasteiger partial charge in [-0.05, 0) is 61.7 Å². The van der Waals surface area contributed by atoms with Crippen LogP contribution in [-0.2, 0) is 4.79 Å². The fourth-order valence-electron chi connectivity index (χ4n) is 8.30. The highest BCUT2D eigenvalue weighted by atomic mass is 16.3. The summed E-state index contributed by atoms with van der Waals surface area (Å²) in [5, 5.41) is 21.8. The number of aliphatic hydroxyl groups excluding tert-OH is 1. The van der Waals surface area contributed by atoms with E-state index in [0.717, 1.165) is 63.7 Å². The Morgan fingerprint density at radius 2 is 2.07 bits per heavy atom. The number of hydrazine groups is 2. The molecule has 0 radical (unpaired) electrons. The van der Waals surface area contributed by atoms with Crippen molar-refractivity contribution in [2.45, 2.75) is 72.1 Å². The first-order chi connectivity index (χ1) is 14.4. The minimum atomic E-state index is -0.134. The normalized spacial score (nSPS) is 44.1. The van der Waals surface area contributed by atoms with Gasteiger partial charge < -0.3 is 10.5 Å². The summed E-state index contributed by atoms with van der Waals surface area (Å²) >= 11 is 0. The number of hydrogen-bond donors (Lipinski definition) is 4. The lowest BCUT2D eigenvalue weighted by Gasteiger charge is -2.59. The molecule has 0 aromatic carbocycles. The van der Waals surface area contributed by atoms with Crippen molar-refractivity contribution in [1.82, 2.24) is 16.0 Å². The molecule has 0 bridgehead atoms. The van der Waals surface area contributed by atoms with Crippen LogP contribution in [0.15, 0.2) is 0 Å². The van der Waals surface area contributed by atoms with Crippen molar-refractivity contribution in [3.8, 4) is 0 Å². The van der Waals surface area contributed by atoms with E-state index in [1.165, 1.54) is 6.42 Å². The van der Waals surface area contributed by atoms with Crippen molar-refractivity contribution in [2.24, 2.45) is 40.4 Å². The Bertz CT molecular complexity index is 658. The molecular weight excluding hydrogens is 376 g/mol. The number of aliphatic hydroxyl groups is 1. The van der Waals surface area contributed by atoms with Gasteiger partial charge in [-0.2, -0.15) is 5.53 Å². The van der Waals surface area contributed by atoms with Crippen LogP contribution in [0.2, 0.25) is 0 Å². The molecule has 4 aliphatic rings. The highest BCUT2D eigenvalue weighted by Gasteiger charge is 2.62. The van der Waals surface area contributed by atoms with E-state index in [4.69, 9.17) is 0 Å². The van der Waals surface area contributed by atoms with Crippen LogP contribution in [0, 0.1) is 45.8 Å². The Balaban J connectivity index is 1.59. The molecule has 4 N–H and O–H groups in total. The van der Waals surface area contributed by atoms with Crippen LogP contribution in [0.3, 0.4) is 0 Å². The van der Waals surface area contributed by atoms with E-state index in [9.17, 15) is 15.3 Å². The number of carbonyl (C=O) groups excluding carboxylic acids is 1. The van der Waals surface area contributed by atoms with E-state index < -0.39 is 0 Å². The Labute approximate surface area is 182 Å². The number of nitrogens with zero attached hydrogens (tertiary/aromatic N) is 1. The van der Waals surface area contributed by atoms with Gasteiger partial charge in [0.1, 0.15) is 0 Å². The van der Waals surface area contributed by atoms with Crippen LogP contribution >= 0.6 is 0 Å². The molecule has 4 fully saturated rings. The molecule has 6 heteroatoms. The van der Waals surface area contributed by atoms with E-state index in [1.54, 1.807) is 0 Å². The van der Waals surface area contributed by atoms with Crippen LogP contribution in [0.4, 0.5) is 0 Å². The summed E-state index contributed by atoms with van der Waals surface area (Å²) in [6.07, 6.45) is 8.41. The summed E-state index contributed by atoms with van der Waals surface area (Å²) in [4.78, 5) is 13.3. The van der Waals surface area contributed by atoms with Crippen molar-refractivity contribution in [2.75, 3.05) is 26.2 Å². The first-order valence-corrected chi connectivity index (χ1v) is 12.4. The summed E-state index contributed by atoms with van der Waals surface area (Å²) in [5.74, 6) is 2.09. The van der Waals surface area contributed by atoms with Gasteiger partial charge in [0.05, 0.1) is 6.54 Å². The second-order valence-electron chi connectivity index (χ2n) is 10.8. The van der Waals surface area contributed by atoms with Gasteiger partial charge in [-0.3, -0.25) is 4.79 Å². The fourth-order valence-corrected chi connectivity index (χ4v) is 8.30. The maximum atomic E-state index is 13.3. The van der Waals surface area contributed by atoms with Gasteiger partial charge in [0.2, 0.25) is 0 Å². The van der Waals surface area contributed by atoms with Gasteiger partial charge in [0, 0.05) is 42.7 Å². The average molecular weight is 419 g/mol. The highest BCUT2D eigenvalue weighted by Crippen LogP contribution is 2.65. The molecule has 0 spiro atoms. The summed E-state index contributed by atoms with van der Waals surface area (Å²) in [6, 6.07) is 0. The number of Topliss-reactive ketones (excluding diaryl/α,β-unsaturated/α-hetero) is 1. The lowest BCUT2D eigenvalue weighted by Crippen LogP contribution is -2.58. The predicted molar refractivity (Wildman–Crippen MR) is 119 cm³/mol. The highest BCUT2D eigenvalue weighted by molar-refractivity contribution is 5.90. The molecule has 170 valence electrons. The zero-order valence-electron chi connectivity index (χ0n) is 19.2. The summed E-state index contributed by atoms with van der Waals surface area (Å²) in [5.41, 5.74) is 6.77. The Morgan fingerprint density at radius 3 is 2.70 bits per heavy atom. The van der Waals surface area contributed by atoms with Crippen molar-refractivity contribution in [1.29, 1.82) is 5.41 Å². The van der Waals surface area contributed by atoms with Crippen LogP contribution in [0.5, 0.6) is 0 Å². The molecule has 6 nitrogen and oxygen atoms in total. The summed E-state index contributed by atoms with van der Waals surface area (Å²) in [7, 11) is 0. The SMILES string of the molecule is CCC[C@@H]1CC[C@@H]2C(C(=N)C[C@]3(C)[C@@H](C(=O)CN4CCNN4)CC[C@@H]23)[C@]1(CC)CO. The minimum absolute atomic E-state index is 0.0599. The third kappa shape index (κ3) is 3.39. The Hall–Kier alpha value is -0.820. The van der Waals surface area contributed by atoms with Gasteiger partial charge in [0.25, 0.3) is 0 Å². The Kier molecular flexibility index (Phi) is 6.42. The first-order valence-electron chi connectivity index (χ1n) is 12.4. The van der Waals surface area contributed by atoms with Crippen molar-refractivity contribution < 1.29 is 9.90 Å². The lowest BCUT2D eigenvalue weighted by molar-refractivity contribution is -0.130. The maximum Gasteiger partial charge on any atom is 0.151 e. The topological polar surface area (TPSA) is 88.5 Å². The standard InChI is InChI=1S/C24H42N4O2/c1-4-6-16-7-8-17-18-9-10-19(21(30)14-28-12-11-26-27-28)23(18,3)13-20(25)22(17)24(16,5-2)15-29/h16-19,22,25-27,29H,4-15H2,1-3H3/t16-,17+,18+,19-,22?,23+,24-/m1/s1. The number of carbonyl (C=O) groups is 1. The smallest absolute Gasteiger partial charge is 0.151 e. The number of rotatable bonds is 7. The zero-order chi connectivity index (χ0) is 21.5. The molecule has 0 amide bonds. The van der Waals surface area contributed by atoms with Gasteiger partial charge >= 0.3 is 0 Å². The molecule has 1 aliphatic heterocycles. The van der Waals surface area contributed by atoms with E-state index in [1.807, 2.05) is 5.01 Å². The largest absolute Gasteiger partial charge is 0.396 e. The van der Waals surface area contributed by atoms with Gasteiger partial charge in [-0.25, -0.2) is 10.4 Å². The number of ketones is 1. The second kappa shape index (κ2) is 8.61. The summed E-state index contributed by atoms with van der Waals surface area (Å²) in [6.45, 7) is 9.15. The first kappa shape index (κ1) is 22.4. The molecule has 7 atom stereocenters. The predicted octanol–water partition coefficient (Wildman–Crippen LogP) is 3.17. The molecule has 3 saturated carbocycles. The van der Waals surface area contributed by atoms with Gasteiger partial charge in [-0.1, -0.05) is 33.6 Å². The average Bonchev–Trinajstić information content (AvgIpc) is 3.35. The number of fused-ring (bicyclic) bond motifs is 3. The quantitative estimate of drug-likeness (QED) is 0.510. The second-order valence-corrected chi connectivity index (χ2v) is 10.8. The van der Waals surface area contributed by atoms with Crippen molar-refractivity contribution in [3.05, 3.63) is 0 Å². The van der Waals surface area contributed by atoms with Crippen molar-refractivity contribution in [3.63, 3.8) is 0 Å². The van der Waals surface area contributed by atoms with Crippen molar-refractivity contribution >= 4 is 11.5 Å². The number of nitrogens with one attached hydrogen (secondary N) is 3. The molecule has 1 unspecified atom stereocenters. The van der Waals surface area contributed by atoms with E-state index in [2.05, 4.69) is 31.7 Å². The van der Waals surface area contributed by atoms with Gasteiger partial charge in [0.15, 0.2) is 5.78 Å². The third-order valence-electron chi connectivity index (χ3n) is 9.65. The van der Waals surface area contributed by atoms with E-state index >= 15 is 0 Å². The molecule has 3 aliphatic carbocycles. The molecule has 0 aromatic rings. The fraction of sp³-hybridized carbons (Fsp3) is 0.917. The molecule has 1 saturated heterocycles.